The molecule has 1 heterocycles. The van der Waals surface area contributed by atoms with Crippen molar-refractivity contribution in [1.29, 1.82) is 0 Å². The molecule has 1 fully saturated rings. The SMILES string of the molecule is Cc1cc(C)c(CNCC2CCC(Nc3nccc(N(C)C)n3)CC2)c(C)c1. The first-order valence-corrected chi connectivity index (χ1v) is 10.5. The van der Waals surface area contributed by atoms with Crippen LogP contribution < -0.4 is 15.5 Å². The number of anilines is 2. The number of aryl methyl sites for hydroxylation is 3. The summed E-state index contributed by atoms with van der Waals surface area (Å²) in [4.78, 5) is 11.0. The average molecular weight is 382 g/mol. The molecular formula is C23H35N5. The van der Waals surface area contributed by atoms with Gasteiger partial charge in [0.2, 0.25) is 5.95 Å². The van der Waals surface area contributed by atoms with Crippen LogP contribution in [-0.2, 0) is 6.54 Å². The van der Waals surface area contributed by atoms with Gasteiger partial charge in [-0.25, -0.2) is 4.98 Å². The summed E-state index contributed by atoms with van der Waals surface area (Å²) < 4.78 is 0. The van der Waals surface area contributed by atoms with Gasteiger partial charge in [-0.1, -0.05) is 17.7 Å². The third-order valence-corrected chi connectivity index (χ3v) is 5.85. The van der Waals surface area contributed by atoms with E-state index in [1.165, 1.54) is 47.9 Å². The van der Waals surface area contributed by atoms with Crippen LogP contribution in [0.2, 0.25) is 0 Å². The van der Waals surface area contributed by atoms with Crippen LogP contribution in [0.1, 0.15) is 47.9 Å². The van der Waals surface area contributed by atoms with Gasteiger partial charge in [-0.05, 0) is 81.7 Å². The van der Waals surface area contributed by atoms with Crippen LogP contribution in [0.5, 0.6) is 0 Å². The third kappa shape index (κ3) is 5.44. The smallest absolute Gasteiger partial charge is 0.224 e. The van der Waals surface area contributed by atoms with Crippen LogP contribution in [0.25, 0.3) is 0 Å². The Labute approximate surface area is 170 Å². The molecule has 1 aromatic heterocycles. The lowest BCUT2D eigenvalue weighted by Gasteiger charge is -2.29. The molecule has 0 atom stereocenters. The van der Waals surface area contributed by atoms with E-state index in [1.807, 2.05) is 31.3 Å². The predicted octanol–water partition coefficient (Wildman–Crippen LogP) is 4.23. The molecular weight excluding hydrogens is 346 g/mol. The highest BCUT2D eigenvalue weighted by atomic mass is 15.2. The Bertz CT molecular complexity index is 755. The molecule has 5 heteroatoms. The van der Waals surface area contributed by atoms with Crippen molar-refractivity contribution in [3.8, 4) is 0 Å². The van der Waals surface area contributed by atoms with Gasteiger partial charge in [0, 0.05) is 32.9 Å². The fourth-order valence-electron chi connectivity index (χ4n) is 4.25. The average Bonchev–Trinajstić information content (AvgIpc) is 2.65. The molecule has 0 radical (unpaired) electrons. The van der Waals surface area contributed by atoms with Gasteiger partial charge in [-0.2, -0.15) is 4.98 Å². The van der Waals surface area contributed by atoms with E-state index in [1.54, 1.807) is 0 Å². The van der Waals surface area contributed by atoms with Crippen LogP contribution in [0.15, 0.2) is 24.4 Å². The molecule has 1 aliphatic carbocycles. The topological polar surface area (TPSA) is 53.1 Å². The van der Waals surface area contributed by atoms with Gasteiger partial charge in [0.1, 0.15) is 5.82 Å². The summed E-state index contributed by atoms with van der Waals surface area (Å²) in [5, 5.41) is 7.24. The van der Waals surface area contributed by atoms with E-state index in [4.69, 9.17) is 0 Å². The first-order chi connectivity index (χ1) is 13.4. The lowest BCUT2D eigenvalue weighted by molar-refractivity contribution is 0.323. The minimum absolute atomic E-state index is 0.482. The number of aromatic nitrogens is 2. The summed E-state index contributed by atoms with van der Waals surface area (Å²) in [7, 11) is 4.01. The van der Waals surface area contributed by atoms with E-state index in [9.17, 15) is 0 Å². The lowest BCUT2D eigenvalue weighted by Crippen LogP contribution is -2.31. The van der Waals surface area contributed by atoms with Crippen LogP contribution in [0, 0.1) is 26.7 Å². The fourth-order valence-corrected chi connectivity index (χ4v) is 4.25. The molecule has 0 bridgehead atoms. The van der Waals surface area contributed by atoms with Gasteiger partial charge in [-0.3, -0.25) is 0 Å². The van der Waals surface area contributed by atoms with Crippen LogP contribution in [-0.4, -0.2) is 36.6 Å². The second kappa shape index (κ2) is 9.37. The minimum atomic E-state index is 0.482. The summed E-state index contributed by atoms with van der Waals surface area (Å²) in [5.74, 6) is 2.45. The molecule has 0 spiro atoms. The molecule has 0 unspecified atom stereocenters. The summed E-state index contributed by atoms with van der Waals surface area (Å²) in [6.45, 7) is 8.70. The van der Waals surface area contributed by atoms with Crippen molar-refractivity contribution in [3.05, 3.63) is 46.6 Å². The number of hydrogen-bond donors (Lipinski definition) is 2. The molecule has 5 nitrogen and oxygen atoms in total. The highest BCUT2D eigenvalue weighted by Crippen LogP contribution is 2.26. The standard InChI is InChI=1S/C23H35N5/c1-16-12-17(2)21(18(3)13-16)15-24-14-19-6-8-20(9-7-19)26-23-25-11-10-22(27-23)28(4)5/h10-13,19-20,24H,6-9,14-15H2,1-5H3,(H,25,26,27). The zero-order valence-electron chi connectivity index (χ0n) is 18.0. The maximum atomic E-state index is 4.58. The number of nitrogens with zero attached hydrogens (tertiary/aromatic N) is 3. The molecule has 1 aromatic carbocycles. The zero-order valence-corrected chi connectivity index (χ0v) is 18.0. The molecule has 1 saturated carbocycles. The second-order valence-corrected chi connectivity index (χ2v) is 8.50. The Morgan fingerprint density at radius 1 is 1.04 bits per heavy atom. The molecule has 0 aliphatic heterocycles. The molecule has 152 valence electrons. The Kier molecular flexibility index (Phi) is 6.89. The zero-order chi connectivity index (χ0) is 20.1. The van der Waals surface area contributed by atoms with Crippen LogP contribution in [0.3, 0.4) is 0 Å². The van der Waals surface area contributed by atoms with Gasteiger partial charge in [0.05, 0.1) is 0 Å². The molecule has 2 aromatic rings. The van der Waals surface area contributed by atoms with Gasteiger partial charge < -0.3 is 15.5 Å². The predicted molar refractivity (Wildman–Crippen MR) is 118 cm³/mol. The molecule has 0 amide bonds. The van der Waals surface area contributed by atoms with Crippen molar-refractivity contribution in [3.63, 3.8) is 0 Å². The van der Waals surface area contributed by atoms with Gasteiger partial charge in [0.25, 0.3) is 0 Å². The van der Waals surface area contributed by atoms with Crippen LogP contribution >= 0.6 is 0 Å². The lowest BCUT2D eigenvalue weighted by atomic mass is 9.86. The Hall–Kier alpha value is -2.14. The summed E-state index contributed by atoms with van der Waals surface area (Å²) in [6.07, 6.45) is 6.71. The van der Waals surface area contributed by atoms with Gasteiger partial charge in [0.15, 0.2) is 0 Å². The van der Waals surface area contributed by atoms with E-state index in [0.29, 0.717) is 6.04 Å². The summed E-state index contributed by atoms with van der Waals surface area (Å²) in [6, 6.07) is 6.99. The van der Waals surface area contributed by atoms with E-state index in [2.05, 4.69) is 53.5 Å². The molecule has 28 heavy (non-hydrogen) atoms. The first-order valence-electron chi connectivity index (χ1n) is 10.5. The molecule has 2 N–H and O–H groups in total. The van der Waals surface area contributed by atoms with E-state index in [-0.39, 0.29) is 0 Å². The molecule has 0 saturated heterocycles. The quantitative estimate of drug-likeness (QED) is 0.752. The number of rotatable bonds is 7. The van der Waals surface area contributed by atoms with E-state index >= 15 is 0 Å². The van der Waals surface area contributed by atoms with E-state index < -0.39 is 0 Å². The van der Waals surface area contributed by atoms with Crippen molar-refractivity contribution in [2.75, 3.05) is 30.9 Å². The largest absolute Gasteiger partial charge is 0.363 e. The fraction of sp³-hybridized carbons (Fsp3) is 0.565. The first kappa shape index (κ1) is 20.6. The maximum absolute atomic E-state index is 4.58. The third-order valence-electron chi connectivity index (χ3n) is 5.85. The van der Waals surface area contributed by atoms with Crippen molar-refractivity contribution >= 4 is 11.8 Å². The summed E-state index contributed by atoms with van der Waals surface area (Å²) >= 11 is 0. The Balaban J connectivity index is 1.43. The number of hydrogen-bond acceptors (Lipinski definition) is 5. The van der Waals surface area contributed by atoms with Crippen molar-refractivity contribution in [2.45, 2.75) is 59.0 Å². The summed E-state index contributed by atoms with van der Waals surface area (Å²) in [5.41, 5.74) is 5.61. The normalized spacial score (nSPS) is 19.5. The maximum Gasteiger partial charge on any atom is 0.224 e. The van der Waals surface area contributed by atoms with Gasteiger partial charge in [-0.15, -0.1) is 0 Å². The van der Waals surface area contributed by atoms with E-state index in [0.717, 1.165) is 30.8 Å². The Morgan fingerprint density at radius 2 is 1.71 bits per heavy atom. The number of benzene rings is 1. The molecule has 1 aliphatic rings. The number of nitrogens with one attached hydrogen (secondary N) is 2. The van der Waals surface area contributed by atoms with Crippen LogP contribution in [0.4, 0.5) is 11.8 Å². The highest BCUT2D eigenvalue weighted by molar-refractivity contribution is 5.41. The second-order valence-electron chi connectivity index (χ2n) is 8.50. The highest BCUT2D eigenvalue weighted by Gasteiger charge is 2.21. The monoisotopic (exact) mass is 381 g/mol. The van der Waals surface area contributed by atoms with Gasteiger partial charge >= 0.3 is 0 Å². The Morgan fingerprint density at radius 3 is 2.36 bits per heavy atom. The minimum Gasteiger partial charge on any atom is -0.363 e. The molecule has 3 rings (SSSR count). The van der Waals surface area contributed by atoms with Crippen molar-refractivity contribution < 1.29 is 0 Å². The van der Waals surface area contributed by atoms with Crippen molar-refractivity contribution in [1.82, 2.24) is 15.3 Å². The van der Waals surface area contributed by atoms with Crippen molar-refractivity contribution in [2.24, 2.45) is 5.92 Å².